The Hall–Kier alpha value is -1.55. The van der Waals surface area contributed by atoms with Crippen LogP contribution in [0.1, 0.15) is 11.1 Å². The van der Waals surface area contributed by atoms with Gasteiger partial charge in [0.05, 0.1) is 19.7 Å². The van der Waals surface area contributed by atoms with Gasteiger partial charge in [0, 0.05) is 25.9 Å². The Bertz CT molecular complexity index is 457. The number of nitrogens with one attached hydrogen (secondary N) is 1. The monoisotopic (exact) mass is 261 g/mol. The highest BCUT2D eigenvalue weighted by Gasteiger charge is 2.16. The number of benzene rings is 1. The van der Waals surface area contributed by atoms with Gasteiger partial charge in [-0.25, -0.2) is 0 Å². The molecule has 0 spiro atoms. The van der Waals surface area contributed by atoms with Crippen molar-refractivity contribution < 1.29 is 4.74 Å². The van der Waals surface area contributed by atoms with Crippen molar-refractivity contribution in [3.05, 3.63) is 29.3 Å². The maximum Gasteiger partial charge on any atom is 0.119 e. The van der Waals surface area contributed by atoms with Gasteiger partial charge in [-0.2, -0.15) is 0 Å². The summed E-state index contributed by atoms with van der Waals surface area (Å²) >= 11 is 0. The lowest BCUT2D eigenvalue weighted by Gasteiger charge is -2.21. The molecule has 104 valence electrons. The van der Waals surface area contributed by atoms with E-state index in [0.717, 1.165) is 38.6 Å². The lowest BCUT2D eigenvalue weighted by molar-refractivity contribution is 0.179. The van der Waals surface area contributed by atoms with Gasteiger partial charge >= 0.3 is 0 Å². The highest BCUT2D eigenvalue weighted by molar-refractivity contribution is 5.87. The lowest BCUT2D eigenvalue weighted by Crippen LogP contribution is -2.35. The molecule has 0 radical (unpaired) electrons. The van der Waals surface area contributed by atoms with E-state index in [1.807, 2.05) is 0 Å². The zero-order chi connectivity index (χ0) is 13.7. The van der Waals surface area contributed by atoms with E-state index in [2.05, 4.69) is 47.3 Å². The van der Waals surface area contributed by atoms with Gasteiger partial charge in [-0.15, -0.1) is 0 Å². The zero-order valence-electron chi connectivity index (χ0n) is 12.1. The van der Waals surface area contributed by atoms with E-state index in [4.69, 9.17) is 4.74 Å². The fourth-order valence-electron chi connectivity index (χ4n) is 2.26. The lowest BCUT2D eigenvalue weighted by atomic mass is 10.1. The van der Waals surface area contributed by atoms with Gasteiger partial charge in [-0.3, -0.25) is 4.99 Å². The number of methoxy groups -OCH3 is 1. The van der Waals surface area contributed by atoms with Crippen molar-refractivity contribution in [3.8, 4) is 0 Å². The molecule has 4 nitrogen and oxygen atoms in total. The van der Waals surface area contributed by atoms with Crippen LogP contribution >= 0.6 is 0 Å². The Morgan fingerprint density at radius 1 is 1.37 bits per heavy atom. The predicted molar refractivity (Wildman–Crippen MR) is 80.2 cm³/mol. The second-order valence-electron chi connectivity index (χ2n) is 4.88. The van der Waals surface area contributed by atoms with Crippen molar-refractivity contribution in [2.75, 3.05) is 45.2 Å². The maximum absolute atomic E-state index is 5.13. The molecule has 2 rings (SSSR count). The van der Waals surface area contributed by atoms with Gasteiger partial charge in [0.1, 0.15) is 5.84 Å². The predicted octanol–water partition coefficient (Wildman–Crippen LogP) is 2.08. The third-order valence-corrected chi connectivity index (χ3v) is 3.64. The number of aryl methyl sites for hydroxylation is 1. The minimum Gasteiger partial charge on any atom is -0.383 e. The topological polar surface area (TPSA) is 36.9 Å². The Morgan fingerprint density at radius 2 is 2.21 bits per heavy atom. The Morgan fingerprint density at radius 3 is 3.00 bits per heavy atom. The fraction of sp³-hybridized carbons (Fsp3) is 0.533. The molecular weight excluding hydrogens is 238 g/mol. The molecule has 1 aliphatic rings. The van der Waals surface area contributed by atoms with Crippen molar-refractivity contribution in [2.45, 2.75) is 13.8 Å². The van der Waals surface area contributed by atoms with Crippen LogP contribution in [-0.4, -0.2) is 50.6 Å². The summed E-state index contributed by atoms with van der Waals surface area (Å²) in [5.41, 5.74) is 3.82. The van der Waals surface area contributed by atoms with E-state index < -0.39 is 0 Å². The van der Waals surface area contributed by atoms with E-state index in [1.54, 1.807) is 7.11 Å². The number of anilines is 1. The van der Waals surface area contributed by atoms with E-state index in [9.17, 15) is 0 Å². The highest BCUT2D eigenvalue weighted by Crippen LogP contribution is 2.18. The van der Waals surface area contributed by atoms with Crippen molar-refractivity contribution in [3.63, 3.8) is 0 Å². The number of amidine groups is 1. The van der Waals surface area contributed by atoms with E-state index in [0.29, 0.717) is 0 Å². The van der Waals surface area contributed by atoms with Gasteiger partial charge in [0.15, 0.2) is 0 Å². The number of ether oxygens (including phenoxy) is 1. The summed E-state index contributed by atoms with van der Waals surface area (Å²) in [6.45, 7) is 8.65. The van der Waals surface area contributed by atoms with E-state index in [1.165, 1.54) is 16.8 Å². The number of hydrogen-bond donors (Lipinski definition) is 1. The van der Waals surface area contributed by atoms with Gasteiger partial charge in [-0.1, -0.05) is 12.1 Å². The number of nitrogens with zero attached hydrogens (tertiary/aromatic N) is 2. The molecule has 0 atom stereocenters. The molecule has 19 heavy (non-hydrogen) atoms. The summed E-state index contributed by atoms with van der Waals surface area (Å²) in [5.74, 6) is 1.14. The van der Waals surface area contributed by atoms with E-state index in [-0.39, 0.29) is 0 Å². The molecule has 0 saturated heterocycles. The molecule has 1 N–H and O–H groups in total. The molecule has 0 unspecified atom stereocenters. The van der Waals surface area contributed by atoms with Crippen LogP contribution in [0, 0.1) is 13.8 Å². The van der Waals surface area contributed by atoms with Crippen LogP contribution in [-0.2, 0) is 4.74 Å². The highest BCUT2D eigenvalue weighted by atomic mass is 16.5. The molecule has 0 aromatic heterocycles. The smallest absolute Gasteiger partial charge is 0.119 e. The Balaban J connectivity index is 1.93. The second-order valence-corrected chi connectivity index (χ2v) is 4.88. The summed E-state index contributed by atoms with van der Waals surface area (Å²) in [5, 5.41) is 3.49. The third-order valence-electron chi connectivity index (χ3n) is 3.64. The van der Waals surface area contributed by atoms with Gasteiger partial charge in [0.2, 0.25) is 0 Å². The first-order chi connectivity index (χ1) is 9.22. The number of hydrogen-bond acceptors (Lipinski definition) is 4. The molecule has 0 bridgehead atoms. The first kappa shape index (κ1) is 13.9. The molecular formula is C15H23N3O. The summed E-state index contributed by atoms with van der Waals surface area (Å²) in [6.07, 6.45) is 0. The van der Waals surface area contributed by atoms with Crippen molar-refractivity contribution in [1.29, 1.82) is 0 Å². The molecule has 0 saturated carbocycles. The fourth-order valence-corrected chi connectivity index (χ4v) is 2.26. The summed E-state index contributed by atoms with van der Waals surface area (Å²) in [4.78, 5) is 6.86. The van der Waals surface area contributed by atoms with Crippen LogP contribution in [0.15, 0.2) is 23.2 Å². The molecule has 1 aliphatic heterocycles. The van der Waals surface area contributed by atoms with Gasteiger partial charge < -0.3 is 15.0 Å². The van der Waals surface area contributed by atoms with Crippen LogP contribution < -0.4 is 5.32 Å². The first-order valence-corrected chi connectivity index (χ1v) is 6.79. The average Bonchev–Trinajstić information content (AvgIpc) is 2.85. The molecule has 1 aromatic carbocycles. The van der Waals surface area contributed by atoms with Gasteiger partial charge in [-0.05, 0) is 31.0 Å². The zero-order valence-corrected chi connectivity index (χ0v) is 12.1. The minimum absolute atomic E-state index is 0.752. The Labute approximate surface area is 115 Å². The molecule has 0 fully saturated rings. The number of rotatable bonds is 6. The average molecular weight is 261 g/mol. The normalized spacial score (nSPS) is 14.7. The minimum atomic E-state index is 0.752. The molecule has 4 heteroatoms. The van der Waals surface area contributed by atoms with Crippen LogP contribution in [0.4, 0.5) is 5.69 Å². The quantitative estimate of drug-likeness (QED) is 0.852. The van der Waals surface area contributed by atoms with Crippen LogP contribution in [0.2, 0.25) is 0 Å². The van der Waals surface area contributed by atoms with Crippen LogP contribution in [0.3, 0.4) is 0 Å². The standard InChI is InChI=1S/C15H23N3O/c1-12-5-4-6-14(13(12)2)17-11-15-16-7-8-18(15)9-10-19-3/h4-6,17H,7-11H2,1-3H3. The van der Waals surface area contributed by atoms with Crippen LogP contribution in [0.5, 0.6) is 0 Å². The second kappa shape index (κ2) is 6.57. The summed E-state index contributed by atoms with van der Waals surface area (Å²) < 4.78 is 5.13. The summed E-state index contributed by atoms with van der Waals surface area (Å²) in [7, 11) is 1.74. The first-order valence-electron chi connectivity index (χ1n) is 6.79. The van der Waals surface area contributed by atoms with Crippen molar-refractivity contribution >= 4 is 11.5 Å². The largest absolute Gasteiger partial charge is 0.383 e. The maximum atomic E-state index is 5.13. The summed E-state index contributed by atoms with van der Waals surface area (Å²) in [6, 6.07) is 6.35. The Kier molecular flexibility index (Phi) is 4.80. The van der Waals surface area contributed by atoms with Crippen molar-refractivity contribution in [1.82, 2.24) is 4.90 Å². The molecule has 1 aromatic rings. The number of aliphatic imine (C=N–C) groups is 1. The van der Waals surface area contributed by atoms with Crippen LogP contribution in [0.25, 0.3) is 0 Å². The molecule has 0 amide bonds. The van der Waals surface area contributed by atoms with Crippen molar-refractivity contribution in [2.24, 2.45) is 4.99 Å². The molecule has 0 aliphatic carbocycles. The molecule has 1 heterocycles. The SMILES string of the molecule is COCCN1CCN=C1CNc1cccc(C)c1C. The van der Waals surface area contributed by atoms with Gasteiger partial charge in [0.25, 0.3) is 0 Å². The van der Waals surface area contributed by atoms with E-state index >= 15 is 0 Å². The third kappa shape index (κ3) is 3.47.